The maximum Gasteiger partial charge on any atom is 0.162 e. The van der Waals surface area contributed by atoms with Crippen LogP contribution in [0.25, 0.3) is 0 Å². The van der Waals surface area contributed by atoms with Crippen molar-refractivity contribution >= 4 is 5.78 Å². The third-order valence-corrected chi connectivity index (χ3v) is 3.35. The summed E-state index contributed by atoms with van der Waals surface area (Å²) in [5, 5.41) is 0. The Hall–Kier alpha value is -1.22. The largest absolute Gasteiger partial charge is 0.301 e. The minimum absolute atomic E-state index is 0.0956. The molecule has 0 spiro atoms. The van der Waals surface area contributed by atoms with Crippen LogP contribution in [0, 0.1) is 11.7 Å². The smallest absolute Gasteiger partial charge is 0.162 e. The molecule has 0 fully saturated rings. The summed E-state index contributed by atoms with van der Waals surface area (Å²) in [5.74, 6) is 0.424. The predicted octanol–water partition coefficient (Wildman–Crippen LogP) is 4.16. The number of hydrogen-bond donors (Lipinski definition) is 0. The molecule has 0 aromatic heterocycles. The first kappa shape index (κ1) is 16.8. The molecule has 0 bridgehead atoms. The molecule has 20 heavy (non-hydrogen) atoms. The van der Waals surface area contributed by atoms with Crippen LogP contribution >= 0.6 is 0 Å². The lowest BCUT2D eigenvalue weighted by molar-refractivity contribution is 0.0970. The number of carbonyl (C=O) groups excluding carboxylic acids is 1. The van der Waals surface area contributed by atoms with Crippen molar-refractivity contribution < 1.29 is 9.18 Å². The van der Waals surface area contributed by atoms with Crippen LogP contribution in [0.15, 0.2) is 24.3 Å². The van der Waals surface area contributed by atoms with Gasteiger partial charge in [-0.1, -0.05) is 13.8 Å². The minimum atomic E-state index is -0.301. The van der Waals surface area contributed by atoms with Crippen molar-refractivity contribution in [3.8, 4) is 0 Å². The molecular formula is C17H26FNO. The van der Waals surface area contributed by atoms with E-state index in [1.807, 2.05) is 0 Å². The second-order valence-corrected chi connectivity index (χ2v) is 6.02. The zero-order valence-corrected chi connectivity index (χ0v) is 13.0. The number of nitrogens with zero attached hydrogens (tertiary/aromatic N) is 1. The fourth-order valence-corrected chi connectivity index (χ4v) is 2.25. The van der Waals surface area contributed by atoms with Gasteiger partial charge in [0.05, 0.1) is 0 Å². The van der Waals surface area contributed by atoms with E-state index in [2.05, 4.69) is 32.6 Å². The molecule has 1 aromatic rings. The van der Waals surface area contributed by atoms with Crippen LogP contribution in [0.3, 0.4) is 0 Å². The Morgan fingerprint density at radius 2 is 1.75 bits per heavy atom. The SMILES string of the molecule is CC(C)CN(CCCC(=O)c1ccc(F)cc1)C(C)C. The summed E-state index contributed by atoms with van der Waals surface area (Å²) in [6, 6.07) is 6.30. The van der Waals surface area contributed by atoms with Crippen LogP contribution in [-0.2, 0) is 0 Å². The van der Waals surface area contributed by atoms with Gasteiger partial charge in [-0.15, -0.1) is 0 Å². The average molecular weight is 279 g/mol. The average Bonchev–Trinajstić information content (AvgIpc) is 2.37. The van der Waals surface area contributed by atoms with Gasteiger partial charge in [0.1, 0.15) is 5.82 Å². The standard InChI is InChI=1S/C17H26FNO/c1-13(2)12-19(14(3)4)11-5-6-17(20)15-7-9-16(18)10-8-15/h7-10,13-14H,5-6,11-12H2,1-4H3. The van der Waals surface area contributed by atoms with E-state index in [1.54, 1.807) is 12.1 Å². The Kier molecular flexibility index (Phi) is 6.86. The van der Waals surface area contributed by atoms with E-state index in [0.29, 0.717) is 23.9 Å². The van der Waals surface area contributed by atoms with Crippen molar-refractivity contribution in [1.29, 1.82) is 0 Å². The molecular weight excluding hydrogens is 253 g/mol. The molecule has 0 saturated heterocycles. The van der Waals surface area contributed by atoms with Crippen LogP contribution in [-0.4, -0.2) is 29.8 Å². The number of carbonyl (C=O) groups is 1. The summed E-state index contributed by atoms with van der Waals surface area (Å²) >= 11 is 0. The second kappa shape index (κ2) is 8.15. The molecule has 3 heteroatoms. The highest BCUT2D eigenvalue weighted by molar-refractivity contribution is 5.95. The normalized spacial score (nSPS) is 11.6. The first-order valence-corrected chi connectivity index (χ1v) is 7.43. The summed E-state index contributed by atoms with van der Waals surface area (Å²) in [4.78, 5) is 14.4. The number of halogens is 1. The van der Waals surface area contributed by atoms with Gasteiger partial charge in [-0.05, 0) is 57.0 Å². The Balaban J connectivity index is 2.42. The van der Waals surface area contributed by atoms with E-state index in [1.165, 1.54) is 12.1 Å². The lowest BCUT2D eigenvalue weighted by atomic mass is 10.1. The first-order valence-electron chi connectivity index (χ1n) is 7.43. The summed E-state index contributed by atoms with van der Waals surface area (Å²) in [5.41, 5.74) is 0.603. The first-order chi connectivity index (χ1) is 9.40. The molecule has 0 radical (unpaired) electrons. The van der Waals surface area contributed by atoms with Crippen molar-refractivity contribution in [2.75, 3.05) is 13.1 Å². The predicted molar refractivity (Wildman–Crippen MR) is 81.5 cm³/mol. The van der Waals surface area contributed by atoms with Crippen molar-refractivity contribution in [3.05, 3.63) is 35.6 Å². The van der Waals surface area contributed by atoms with Crippen molar-refractivity contribution in [2.45, 2.75) is 46.6 Å². The summed E-state index contributed by atoms with van der Waals surface area (Å²) in [6.07, 6.45) is 1.37. The van der Waals surface area contributed by atoms with Gasteiger partial charge in [-0.2, -0.15) is 0 Å². The third kappa shape index (κ3) is 5.83. The maximum absolute atomic E-state index is 12.8. The molecule has 1 aromatic carbocycles. The van der Waals surface area contributed by atoms with Gasteiger partial charge < -0.3 is 4.90 Å². The Bertz CT molecular complexity index is 412. The molecule has 112 valence electrons. The number of benzene rings is 1. The molecule has 0 aliphatic rings. The van der Waals surface area contributed by atoms with Crippen LogP contribution < -0.4 is 0 Å². The van der Waals surface area contributed by atoms with E-state index >= 15 is 0 Å². The van der Waals surface area contributed by atoms with Gasteiger partial charge in [-0.3, -0.25) is 4.79 Å². The molecule has 0 unspecified atom stereocenters. The number of hydrogen-bond acceptors (Lipinski definition) is 2. The summed E-state index contributed by atoms with van der Waals surface area (Å²) in [7, 11) is 0. The van der Waals surface area contributed by atoms with E-state index in [4.69, 9.17) is 0 Å². The molecule has 0 heterocycles. The van der Waals surface area contributed by atoms with Gasteiger partial charge in [-0.25, -0.2) is 4.39 Å². The number of Topliss-reactive ketones (excluding diaryl/α,β-unsaturated/α-hetero) is 1. The van der Waals surface area contributed by atoms with E-state index in [0.717, 1.165) is 19.5 Å². The highest BCUT2D eigenvalue weighted by Gasteiger charge is 2.12. The quantitative estimate of drug-likeness (QED) is 0.666. The fraction of sp³-hybridized carbons (Fsp3) is 0.588. The maximum atomic E-state index is 12.8. The second-order valence-electron chi connectivity index (χ2n) is 6.02. The van der Waals surface area contributed by atoms with Gasteiger partial charge in [0.25, 0.3) is 0 Å². The Labute approximate surface area is 122 Å². The molecule has 2 nitrogen and oxygen atoms in total. The van der Waals surface area contributed by atoms with Gasteiger partial charge in [0.15, 0.2) is 5.78 Å². The molecule has 0 amide bonds. The van der Waals surface area contributed by atoms with E-state index in [9.17, 15) is 9.18 Å². The highest BCUT2D eigenvalue weighted by atomic mass is 19.1. The third-order valence-electron chi connectivity index (χ3n) is 3.35. The van der Waals surface area contributed by atoms with Crippen molar-refractivity contribution in [2.24, 2.45) is 5.92 Å². The minimum Gasteiger partial charge on any atom is -0.301 e. The topological polar surface area (TPSA) is 20.3 Å². The molecule has 0 aliphatic carbocycles. The molecule has 1 rings (SSSR count). The number of ketones is 1. The zero-order valence-electron chi connectivity index (χ0n) is 13.0. The highest BCUT2D eigenvalue weighted by Crippen LogP contribution is 2.10. The van der Waals surface area contributed by atoms with Crippen LogP contribution in [0.5, 0.6) is 0 Å². The molecule has 0 aliphatic heterocycles. The molecule has 0 saturated carbocycles. The van der Waals surface area contributed by atoms with Crippen molar-refractivity contribution in [3.63, 3.8) is 0 Å². The van der Waals surface area contributed by atoms with Crippen LogP contribution in [0.1, 0.15) is 50.9 Å². The fourth-order valence-electron chi connectivity index (χ4n) is 2.25. The van der Waals surface area contributed by atoms with E-state index < -0.39 is 0 Å². The monoisotopic (exact) mass is 279 g/mol. The Morgan fingerprint density at radius 1 is 1.15 bits per heavy atom. The summed E-state index contributed by atoms with van der Waals surface area (Å²) < 4.78 is 12.8. The van der Waals surface area contributed by atoms with Crippen LogP contribution in [0.4, 0.5) is 4.39 Å². The Morgan fingerprint density at radius 3 is 2.25 bits per heavy atom. The summed E-state index contributed by atoms with van der Waals surface area (Å²) in [6.45, 7) is 10.8. The van der Waals surface area contributed by atoms with Gasteiger partial charge >= 0.3 is 0 Å². The molecule has 0 N–H and O–H groups in total. The molecule has 0 atom stereocenters. The zero-order chi connectivity index (χ0) is 15.1. The van der Waals surface area contributed by atoms with Crippen molar-refractivity contribution in [1.82, 2.24) is 4.90 Å². The lowest BCUT2D eigenvalue weighted by Crippen LogP contribution is -2.35. The number of rotatable bonds is 8. The lowest BCUT2D eigenvalue weighted by Gasteiger charge is -2.28. The van der Waals surface area contributed by atoms with E-state index in [-0.39, 0.29) is 11.6 Å². The van der Waals surface area contributed by atoms with Gasteiger partial charge in [0.2, 0.25) is 0 Å². The van der Waals surface area contributed by atoms with Crippen LogP contribution in [0.2, 0.25) is 0 Å². The van der Waals surface area contributed by atoms with Gasteiger partial charge in [0, 0.05) is 24.6 Å².